The number of hydrogen-bond donors (Lipinski definition) is 1. The van der Waals surface area contributed by atoms with Gasteiger partial charge in [-0.3, -0.25) is 4.79 Å². The SMILES string of the molecule is Cc1ccc(Cl)c(C(C)C(=O)O)c1F. The summed E-state index contributed by atoms with van der Waals surface area (Å²) in [5.74, 6) is -2.55. The van der Waals surface area contributed by atoms with Gasteiger partial charge in [-0.2, -0.15) is 0 Å². The molecule has 4 heteroatoms. The van der Waals surface area contributed by atoms with Gasteiger partial charge < -0.3 is 5.11 Å². The molecule has 2 nitrogen and oxygen atoms in total. The van der Waals surface area contributed by atoms with Crippen LogP contribution in [0, 0.1) is 12.7 Å². The summed E-state index contributed by atoms with van der Waals surface area (Å²) in [7, 11) is 0. The molecule has 0 aliphatic carbocycles. The molecule has 0 aliphatic heterocycles. The third kappa shape index (κ3) is 1.87. The van der Waals surface area contributed by atoms with E-state index in [1.165, 1.54) is 19.1 Å². The van der Waals surface area contributed by atoms with Gasteiger partial charge in [0.05, 0.1) is 5.92 Å². The van der Waals surface area contributed by atoms with Gasteiger partial charge in [-0.05, 0) is 25.5 Å². The van der Waals surface area contributed by atoms with Crippen LogP contribution < -0.4 is 0 Å². The molecule has 1 unspecified atom stereocenters. The van der Waals surface area contributed by atoms with E-state index in [1.807, 2.05) is 0 Å². The van der Waals surface area contributed by atoms with Crippen molar-refractivity contribution < 1.29 is 14.3 Å². The molecular weight excluding hydrogens is 207 g/mol. The van der Waals surface area contributed by atoms with Crippen LogP contribution >= 0.6 is 11.6 Å². The van der Waals surface area contributed by atoms with Crippen molar-refractivity contribution in [3.8, 4) is 0 Å². The van der Waals surface area contributed by atoms with E-state index in [0.29, 0.717) is 5.56 Å². The van der Waals surface area contributed by atoms with Crippen LogP contribution in [0.15, 0.2) is 12.1 Å². The molecule has 0 fully saturated rings. The number of halogens is 2. The normalized spacial score (nSPS) is 12.6. The summed E-state index contributed by atoms with van der Waals surface area (Å²) >= 11 is 5.74. The van der Waals surface area contributed by atoms with Crippen LogP contribution in [0.5, 0.6) is 0 Å². The van der Waals surface area contributed by atoms with Gasteiger partial charge >= 0.3 is 5.97 Å². The summed E-state index contributed by atoms with van der Waals surface area (Å²) in [6, 6.07) is 3.03. The molecule has 0 aromatic heterocycles. The van der Waals surface area contributed by atoms with Crippen molar-refractivity contribution in [2.45, 2.75) is 19.8 Å². The molecule has 1 rings (SSSR count). The van der Waals surface area contributed by atoms with Gasteiger partial charge in [-0.25, -0.2) is 4.39 Å². The molecule has 0 saturated heterocycles. The molecular formula is C10H10ClFO2. The highest BCUT2D eigenvalue weighted by atomic mass is 35.5. The summed E-state index contributed by atoms with van der Waals surface area (Å²) < 4.78 is 13.5. The molecule has 1 aromatic rings. The molecule has 14 heavy (non-hydrogen) atoms. The topological polar surface area (TPSA) is 37.3 Å². The summed E-state index contributed by atoms with van der Waals surface area (Å²) in [4.78, 5) is 10.7. The summed E-state index contributed by atoms with van der Waals surface area (Å²) in [6.07, 6.45) is 0. The zero-order valence-corrected chi connectivity index (χ0v) is 8.60. The molecule has 76 valence electrons. The molecule has 1 atom stereocenters. The lowest BCUT2D eigenvalue weighted by Gasteiger charge is -2.11. The third-order valence-electron chi connectivity index (χ3n) is 2.12. The maximum absolute atomic E-state index is 13.5. The molecule has 0 radical (unpaired) electrons. The van der Waals surface area contributed by atoms with Crippen LogP contribution in [0.1, 0.15) is 24.0 Å². The van der Waals surface area contributed by atoms with E-state index < -0.39 is 17.7 Å². The molecule has 1 N–H and O–H groups in total. The van der Waals surface area contributed by atoms with Crippen molar-refractivity contribution in [3.63, 3.8) is 0 Å². The molecule has 0 bridgehead atoms. The van der Waals surface area contributed by atoms with Gasteiger partial charge in [-0.1, -0.05) is 17.7 Å². The number of benzene rings is 1. The zero-order chi connectivity index (χ0) is 10.9. The van der Waals surface area contributed by atoms with E-state index >= 15 is 0 Å². The maximum Gasteiger partial charge on any atom is 0.310 e. The van der Waals surface area contributed by atoms with Crippen molar-refractivity contribution >= 4 is 17.6 Å². The van der Waals surface area contributed by atoms with Gasteiger partial charge in [0.15, 0.2) is 0 Å². The Morgan fingerprint density at radius 3 is 2.64 bits per heavy atom. The van der Waals surface area contributed by atoms with E-state index in [2.05, 4.69) is 0 Å². The standard InChI is InChI=1S/C10H10ClFO2/c1-5-3-4-7(11)8(9(5)12)6(2)10(13)14/h3-4,6H,1-2H3,(H,13,14). The van der Waals surface area contributed by atoms with Gasteiger partial charge in [-0.15, -0.1) is 0 Å². The monoisotopic (exact) mass is 216 g/mol. The van der Waals surface area contributed by atoms with E-state index in [0.717, 1.165) is 0 Å². The van der Waals surface area contributed by atoms with E-state index in [9.17, 15) is 9.18 Å². The Morgan fingerprint density at radius 2 is 2.14 bits per heavy atom. The quantitative estimate of drug-likeness (QED) is 0.825. The minimum Gasteiger partial charge on any atom is -0.481 e. The number of aryl methyl sites for hydroxylation is 1. The fourth-order valence-electron chi connectivity index (χ4n) is 1.20. The third-order valence-corrected chi connectivity index (χ3v) is 2.45. The number of aliphatic carboxylic acids is 1. The number of carbonyl (C=O) groups is 1. The van der Waals surface area contributed by atoms with Gasteiger partial charge in [0, 0.05) is 10.6 Å². The Morgan fingerprint density at radius 1 is 1.57 bits per heavy atom. The fraction of sp³-hybridized carbons (Fsp3) is 0.300. The fourth-order valence-corrected chi connectivity index (χ4v) is 1.51. The summed E-state index contributed by atoms with van der Waals surface area (Å²) in [5.41, 5.74) is 0.455. The smallest absolute Gasteiger partial charge is 0.310 e. The Balaban J connectivity index is 3.32. The second kappa shape index (κ2) is 3.96. The molecule has 1 aromatic carbocycles. The van der Waals surface area contributed by atoms with Gasteiger partial charge in [0.25, 0.3) is 0 Å². The first-order valence-electron chi connectivity index (χ1n) is 4.12. The second-order valence-corrected chi connectivity index (χ2v) is 3.56. The predicted octanol–water partition coefficient (Wildman–Crippen LogP) is 2.98. The first-order chi connectivity index (χ1) is 6.45. The van der Waals surface area contributed by atoms with E-state index in [-0.39, 0.29) is 10.6 Å². The molecule has 0 saturated carbocycles. The van der Waals surface area contributed by atoms with Crippen molar-refractivity contribution in [2.24, 2.45) is 0 Å². The first-order valence-corrected chi connectivity index (χ1v) is 4.50. The molecule has 0 spiro atoms. The van der Waals surface area contributed by atoms with Gasteiger partial charge in [0.1, 0.15) is 5.82 Å². The van der Waals surface area contributed by atoms with Gasteiger partial charge in [0.2, 0.25) is 0 Å². The van der Waals surface area contributed by atoms with Crippen LogP contribution in [0.4, 0.5) is 4.39 Å². The van der Waals surface area contributed by atoms with Crippen molar-refractivity contribution in [3.05, 3.63) is 34.1 Å². The maximum atomic E-state index is 13.5. The number of carboxylic acid groups (broad SMARTS) is 1. The Hall–Kier alpha value is -1.09. The first kappa shape index (κ1) is 11.0. The molecule has 0 amide bonds. The predicted molar refractivity (Wildman–Crippen MR) is 52.2 cm³/mol. The Bertz CT molecular complexity index is 377. The minimum atomic E-state index is -1.09. The largest absolute Gasteiger partial charge is 0.481 e. The van der Waals surface area contributed by atoms with Crippen molar-refractivity contribution in [2.75, 3.05) is 0 Å². The minimum absolute atomic E-state index is 0.0548. The van der Waals surface area contributed by atoms with Crippen LogP contribution in [0.2, 0.25) is 5.02 Å². The number of rotatable bonds is 2. The average molecular weight is 217 g/mol. The van der Waals surface area contributed by atoms with Crippen LogP contribution in [-0.2, 0) is 4.79 Å². The number of carboxylic acids is 1. The van der Waals surface area contributed by atoms with Crippen molar-refractivity contribution in [1.29, 1.82) is 0 Å². The van der Waals surface area contributed by atoms with Crippen molar-refractivity contribution in [1.82, 2.24) is 0 Å². The lowest BCUT2D eigenvalue weighted by molar-refractivity contribution is -0.138. The molecule has 0 heterocycles. The van der Waals surface area contributed by atoms with Crippen LogP contribution in [-0.4, -0.2) is 11.1 Å². The highest BCUT2D eigenvalue weighted by molar-refractivity contribution is 6.31. The van der Waals surface area contributed by atoms with E-state index in [4.69, 9.17) is 16.7 Å². The Kier molecular flexibility index (Phi) is 3.11. The lowest BCUT2D eigenvalue weighted by Crippen LogP contribution is -2.10. The Labute approximate surface area is 86.3 Å². The lowest BCUT2D eigenvalue weighted by atomic mass is 9.98. The summed E-state index contributed by atoms with van der Waals surface area (Å²) in [5, 5.41) is 8.91. The second-order valence-electron chi connectivity index (χ2n) is 3.15. The summed E-state index contributed by atoms with van der Waals surface area (Å²) in [6.45, 7) is 2.98. The highest BCUT2D eigenvalue weighted by Gasteiger charge is 2.21. The van der Waals surface area contributed by atoms with Crippen LogP contribution in [0.25, 0.3) is 0 Å². The van der Waals surface area contributed by atoms with E-state index in [1.54, 1.807) is 6.92 Å². The zero-order valence-electron chi connectivity index (χ0n) is 7.84. The molecule has 0 aliphatic rings. The highest BCUT2D eigenvalue weighted by Crippen LogP contribution is 2.29. The number of hydrogen-bond acceptors (Lipinski definition) is 1. The average Bonchev–Trinajstić information content (AvgIpc) is 2.12. The van der Waals surface area contributed by atoms with Crippen LogP contribution in [0.3, 0.4) is 0 Å².